The summed E-state index contributed by atoms with van der Waals surface area (Å²) in [5, 5.41) is 0. The molecule has 1 aliphatic carbocycles. The van der Waals surface area contributed by atoms with Crippen LogP contribution in [0.3, 0.4) is 0 Å². The molecule has 12 heavy (non-hydrogen) atoms. The largest absolute Gasteiger partial charge is 0.327 e. The lowest BCUT2D eigenvalue weighted by molar-refractivity contribution is 0.600. The lowest BCUT2D eigenvalue weighted by Gasteiger charge is -2.02. The number of rotatable bonds is 0. The molecule has 0 radical (unpaired) electrons. The van der Waals surface area contributed by atoms with E-state index in [0.717, 1.165) is 23.2 Å². The van der Waals surface area contributed by atoms with Gasteiger partial charge in [-0.05, 0) is 30.9 Å². The van der Waals surface area contributed by atoms with Crippen molar-refractivity contribution < 1.29 is 4.39 Å². The first-order valence-electron chi connectivity index (χ1n) is 4.07. The maximum Gasteiger partial charge on any atom is 0.145 e. The second-order valence-electron chi connectivity index (χ2n) is 3.32. The third-order valence-corrected chi connectivity index (χ3v) is 2.39. The van der Waals surface area contributed by atoms with E-state index in [2.05, 4.69) is 4.98 Å². The summed E-state index contributed by atoms with van der Waals surface area (Å²) in [6.45, 7) is 1.90. The minimum atomic E-state index is -0.205. The maximum absolute atomic E-state index is 13.1. The van der Waals surface area contributed by atoms with E-state index in [1.54, 1.807) is 0 Å². The standard InChI is InChI=1S/C9H11FN2/c1-5-7-2-6(11)3-8(7)9(10)4-12-5/h4,6H,2-3,11H2,1H3. The number of aryl methyl sites for hydroxylation is 1. The van der Waals surface area contributed by atoms with Crippen molar-refractivity contribution in [3.8, 4) is 0 Å². The summed E-state index contributed by atoms with van der Waals surface area (Å²) < 4.78 is 13.1. The lowest BCUT2D eigenvalue weighted by atomic mass is 10.1. The number of pyridine rings is 1. The van der Waals surface area contributed by atoms with Crippen LogP contribution in [0.5, 0.6) is 0 Å². The van der Waals surface area contributed by atoms with Crippen LogP contribution in [0.2, 0.25) is 0 Å². The summed E-state index contributed by atoms with van der Waals surface area (Å²) in [6.07, 6.45) is 2.71. The summed E-state index contributed by atoms with van der Waals surface area (Å²) in [5.74, 6) is -0.205. The molecular formula is C9H11FN2. The third kappa shape index (κ3) is 1.01. The van der Waals surface area contributed by atoms with E-state index < -0.39 is 0 Å². The highest BCUT2D eigenvalue weighted by molar-refractivity contribution is 5.36. The highest BCUT2D eigenvalue weighted by atomic mass is 19.1. The van der Waals surface area contributed by atoms with Gasteiger partial charge >= 0.3 is 0 Å². The van der Waals surface area contributed by atoms with Gasteiger partial charge in [-0.3, -0.25) is 4.98 Å². The quantitative estimate of drug-likeness (QED) is 0.623. The van der Waals surface area contributed by atoms with Crippen molar-refractivity contribution in [1.82, 2.24) is 4.98 Å². The van der Waals surface area contributed by atoms with Gasteiger partial charge in [0, 0.05) is 11.7 Å². The zero-order chi connectivity index (χ0) is 8.72. The number of hydrogen-bond donors (Lipinski definition) is 1. The van der Waals surface area contributed by atoms with Crippen molar-refractivity contribution in [2.45, 2.75) is 25.8 Å². The van der Waals surface area contributed by atoms with E-state index >= 15 is 0 Å². The van der Waals surface area contributed by atoms with Gasteiger partial charge in [0.1, 0.15) is 5.82 Å². The summed E-state index contributed by atoms with van der Waals surface area (Å²) in [7, 11) is 0. The highest BCUT2D eigenvalue weighted by Crippen LogP contribution is 2.25. The van der Waals surface area contributed by atoms with Crippen LogP contribution in [0.25, 0.3) is 0 Å². The molecule has 64 valence electrons. The molecule has 1 heterocycles. The van der Waals surface area contributed by atoms with Crippen molar-refractivity contribution in [2.75, 3.05) is 0 Å². The molecule has 2 N–H and O–H groups in total. The molecule has 0 saturated heterocycles. The summed E-state index contributed by atoms with van der Waals surface area (Å²) >= 11 is 0. The lowest BCUT2D eigenvalue weighted by Crippen LogP contribution is -2.19. The molecule has 0 saturated carbocycles. The fraction of sp³-hybridized carbons (Fsp3) is 0.444. The molecule has 0 bridgehead atoms. The minimum Gasteiger partial charge on any atom is -0.327 e. The zero-order valence-corrected chi connectivity index (χ0v) is 6.97. The normalized spacial score (nSPS) is 21.1. The molecule has 2 nitrogen and oxygen atoms in total. The first-order chi connectivity index (χ1) is 5.68. The third-order valence-electron chi connectivity index (χ3n) is 2.39. The van der Waals surface area contributed by atoms with Crippen LogP contribution >= 0.6 is 0 Å². The highest BCUT2D eigenvalue weighted by Gasteiger charge is 2.23. The van der Waals surface area contributed by atoms with E-state index in [0.29, 0.717) is 6.42 Å². The predicted octanol–water partition coefficient (Wildman–Crippen LogP) is 0.955. The van der Waals surface area contributed by atoms with Gasteiger partial charge in [-0.15, -0.1) is 0 Å². The number of nitrogens with zero attached hydrogens (tertiary/aromatic N) is 1. The molecular weight excluding hydrogens is 155 g/mol. The maximum atomic E-state index is 13.1. The second kappa shape index (κ2) is 2.52. The number of hydrogen-bond acceptors (Lipinski definition) is 2. The van der Waals surface area contributed by atoms with Crippen LogP contribution in [0.1, 0.15) is 16.8 Å². The molecule has 1 atom stereocenters. The molecule has 0 aliphatic heterocycles. The van der Waals surface area contributed by atoms with Gasteiger partial charge in [0.15, 0.2) is 0 Å². The monoisotopic (exact) mass is 166 g/mol. The molecule has 0 fully saturated rings. The van der Waals surface area contributed by atoms with Gasteiger partial charge < -0.3 is 5.73 Å². The topological polar surface area (TPSA) is 38.9 Å². The predicted molar refractivity (Wildman–Crippen MR) is 44.3 cm³/mol. The van der Waals surface area contributed by atoms with Gasteiger partial charge in [0.25, 0.3) is 0 Å². The van der Waals surface area contributed by atoms with Crippen molar-refractivity contribution >= 4 is 0 Å². The Balaban J connectivity index is 2.56. The minimum absolute atomic E-state index is 0.0809. The SMILES string of the molecule is Cc1ncc(F)c2c1CC(N)C2. The first kappa shape index (κ1) is 7.68. The average molecular weight is 166 g/mol. The van der Waals surface area contributed by atoms with Crippen molar-refractivity contribution in [3.63, 3.8) is 0 Å². The van der Waals surface area contributed by atoms with Crippen LogP contribution in [0.15, 0.2) is 6.20 Å². The van der Waals surface area contributed by atoms with Crippen LogP contribution in [-0.2, 0) is 12.8 Å². The van der Waals surface area contributed by atoms with Crippen LogP contribution < -0.4 is 5.73 Å². The molecule has 1 unspecified atom stereocenters. The van der Waals surface area contributed by atoms with E-state index in [9.17, 15) is 4.39 Å². The molecule has 0 amide bonds. The summed E-state index contributed by atoms with van der Waals surface area (Å²) in [6, 6.07) is 0.0809. The number of aromatic nitrogens is 1. The Morgan fingerprint density at radius 1 is 1.50 bits per heavy atom. The van der Waals surface area contributed by atoms with Gasteiger partial charge in [-0.2, -0.15) is 0 Å². The zero-order valence-electron chi connectivity index (χ0n) is 6.97. The fourth-order valence-corrected chi connectivity index (χ4v) is 1.76. The van der Waals surface area contributed by atoms with Gasteiger partial charge in [-0.1, -0.05) is 0 Å². The number of fused-ring (bicyclic) bond motifs is 1. The molecule has 1 aromatic heterocycles. The van der Waals surface area contributed by atoms with Gasteiger partial charge in [0.05, 0.1) is 6.20 Å². The van der Waals surface area contributed by atoms with Gasteiger partial charge in [-0.25, -0.2) is 4.39 Å². The van der Waals surface area contributed by atoms with Crippen molar-refractivity contribution in [3.05, 3.63) is 28.8 Å². The Labute approximate surface area is 70.6 Å². The summed E-state index contributed by atoms with van der Waals surface area (Å²) in [4.78, 5) is 3.95. The Morgan fingerprint density at radius 2 is 2.17 bits per heavy atom. The van der Waals surface area contributed by atoms with E-state index in [-0.39, 0.29) is 11.9 Å². The average Bonchev–Trinajstić information content (AvgIpc) is 2.41. The second-order valence-corrected chi connectivity index (χ2v) is 3.32. The summed E-state index contributed by atoms with van der Waals surface area (Å²) in [5.41, 5.74) is 8.43. The Morgan fingerprint density at radius 3 is 2.83 bits per heavy atom. The smallest absolute Gasteiger partial charge is 0.145 e. The van der Waals surface area contributed by atoms with E-state index in [4.69, 9.17) is 5.73 Å². The van der Waals surface area contributed by atoms with Crippen LogP contribution in [0, 0.1) is 12.7 Å². The first-order valence-corrected chi connectivity index (χ1v) is 4.07. The Kier molecular flexibility index (Phi) is 1.61. The molecule has 0 spiro atoms. The molecule has 3 heteroatoms. The molecule has 1 aromatic rings. The van der Waals surface area contributed by atoms with Crippen LogP contribution in [-0.4, -0.2) is 11.0 Å². The van der Waals surface area contributed by atoms with E-state index in [1.165, 1.54) is 6.20 Å². The fourth-order valence-electron chi connectivity index (χ4n) is 1.76. The number of nitrogens with two attached hydrogens (primary N) is 1. The molecule has 2 rings (SSSR count). The molecule has 1 aliphatic rings. The Bertz CT molecular complexity index is 292. The van der Waals surface area contributed by atoms with Gasteiger partial charge in [0.2, 0.25) is 0 Å². The van der Waals surface area contributed by atoms with Crippen molar-refractivity contribution in [2.24, 2.45) is 5.73 Å². The molecule has 0 aromatic carbocycles. The van der Waals surface area contributed by atoms with Crippen LogP contribution in [0.4, 0.5) is 4.39 Å². The van der Waals surface area contributed by atoms with Crippen molar-refractivity contribution in [1.29, 1.82) is 0 Å². The van der Waals surface area contributed by atoms with E-state index in [1.807, 2.05) is 6.92 Å². The number of halogens is 1. The Hall–Kier alpha value is -0.960.